The molecule has 1 aromatic rings. The van der Waals surface area contributed by atoms with E-state index in [1.54, 1.807) is 0 Å². The quantitative estimate of drug-likeness (QED) is 0.861. The Balaban J connectivity index is 1.40. The summed E-state index contributed by atoms with van der Waals surface area (Å²) in [6.45, 7) is 7.92. The number of rotatable bonds is 5. The first-order valence-electron chi connectivity index (χ1n) is 7.67. The molecule has 1 N–H and O–H groups in total. The highest BCUT2D eigenvalue weighted by atomic mass is 16.5. The summed E-state index contributed by atoms with van der Waals surface area (Å²) in [6, 6.07) is 8.40. The summed E-state index contributed by atoms with van der Waals surface area (Å²) in [5, 5.41) is 3.40. The normalized spacial score (nSPS) is 22.8. The van der Waals surface area contributed by atoms with Gasteiger partial charge in [-0.15, -0.1) is 0 Å². The molecule has 110 valence electrons. The molecule has 2 aliphatic heterocycles. The lowest BCUT2D eigenvalue weighted by Gasteiger charge is -2.29. The molecular formula is C16H25N3O. The molecule has 1 aromatic carbocycles. The van der Waals surface area contributed by atoms with Crippen LogP contribution in [0.25, 0.3) is 0 Å². The molecular weight excluding hydrogens is 250 g/mol. The summed E-state index contributed by atoms with van der Waals surface area (Å²) in [4.78, 5) is 4.94. The Morgan fingerprint density at radius 2 is 2.10 bits per heavy atom. The molecule has 1 fully saturated rings. The molecule has 4 nitrogen and oxygen atoms in total. The van der Waals surface area contributed by atoms with E-state index in [4.69, 9.17) is 4.74 Å². The molecule has 20 heavy (non-hydrogen) atoms. The molecule has 2 heterocycles. The van der Waals surface area contributed by atoms with Gasteiger partial charge < -0.3 is 15.0 Å². The predicted molar refractivity (Wildman–Crippen MR) is 81.4 cm³/mol. The fourth-order valence-electron chi connectivity index (χ4n) is 3.04. The summed E-state index contributed by atoms with van der Waals surface area (Å²) in [5.41, 5.74) is 1.35. The van der Waals surface area contributed by atoms with E-state index >= 15 is 0 Å². The highest BCUT2D eigenvalue weighted by Gasteiger charge is 2.23. The first kappa shape index (κ1) is 13.9. The van der Waals surface area contributed by atoms with Crippen LogP contribution in [0.2, 0.25) is 0 Å². The van der Waals surface area contributed by atoms with Gasteiger partial charge in [0.15, 0.2) is 0 Å². The number of para-hydroxylation sites is 1. The van der Waals surface area contributed by atoms with E-state index in [2.05, 4.69) is 46.4 Å². The Kier molecular flexibility index (Phi) is 4.55. The molecule has 0 saturated carbocycles. The van der Waals surface area contributed by atoms with Crippen LogP contribution >= 0.6 is 0 Å². The van der Waals surface area contributed by atoms with E-state index in [0.717, 1.165) is 44.9 Å². The molecule has 1 saturated heterocycles. The minimum atomic E-state index is 0.320. The molecule has 4 heteroatoms. The zero-order valence-corrected chi connectivity index (χ0v) is 12.3. The number of nitrogens with one attached hydrogen (secondary N) is 1. The van der Waals surface area contributed by atoms with Crippen LogP contribution in [0.15, 0.2) is 24.3 Å². The van der Waals surface area contributed by atoms with Crippen molar-refractivity contribution >= 4 is 0 Å². The molecule has 2 aliphatic rings. The van der Waals surface area contributed by atoms with Crippen molar-refractivity contribution < 1.29 is 4.74 Å². The van der Waals surface area contributed by atoms with Gasteiger partial charge in [-0.3, -0.25) is 4.90 Å². The van der Waals surface area contributed by atoms with Crippen molar-refractivity contribution in [3.05, 3.63) is 29.8 Å². The van der Waals surface area contributed by atoms with Gasteiger partial charge in [0.25, 0.3) is 0 Å². The van der Waals surface area contributed by atoms with Crippen molar-refractivity contribution in [1.29, 1.82) is 0 Å². The maximum Gasteiger partial charge on any atom is 0.123 e. The molecule has 0 radical (unpaired) electrons. The van der Waals surface area contributed by atoms with E-state index in [-0.39, 0.29) is 0 Å². The molecule has 0 spiro atoms. The van der Waals surface area contributed by atoms with Crippen molar-refractivity contribution in [2.24, 2.45) is 0 Å². The Hall–Kier alpha value is -1.10. The Labute approximate surface area is 121 Å². The fourth-order valence-corrected chi connectivity index (χ4v) is 3.04. The number of hydrogen-bond donors (Lipinski definition) is 1. The largest absolute Gasteiger partial charge is 0.488 e. The molecule has 0 bridgehead atoms. The zero-order chi connectivity index (χ0) is 13.8. The second-order valence-corrected chi connectivity index (χ2v) is 5.91. The molecule has 3 rings (SSSR count). The van der Waals surface area contributed by atoms with Crippen LogP contribution in [-0.4, -0.2) is 68.8 Å². The number of ether oxygens (including phenoxy) is 1. The Bertz CT molecular complexity index is 406. The van der Waals surface area contributed by atoms with Crippen molar-refractivity contribution in [1.82, 2.24) is 15.1 Å². The fraction of sp³-hybridized carbons (Fsp3) is 0.625. The first-order chi connectivity index (χ1) is 9.81. The summed E-state index contributed by atoms with van der Waals surface area (Å²) >= 11 is 0. The van der Waals surface area contributed by atoms with Crippen LogP contribution in [0.1, 0.15) is 5.56 Å². The van der Waals surface area contributed by atoms with E-state index in [1.165, 1.54) is 18.7 Å². The minimum absolute atomic E-state index is 0.320. The van der Waals surface area contributed by atoms with Gasteiger partial charge in [-0.05, 0) is 18.7 Å². The summed E-state index contributed by atoms with van der Waals surface area (Å²) < 4.78 is 6.00. The number of fused-ring (bicyclic) bond motifs is 1. The third-order valence-corrected chi connectivity index (χ3v) is 4.24. The van der Waals surface area contributed by atoms with Crippen molar-refractivity contribution in [2.75, 3.05) is 52.9 Å². The van der Waals surface area contributed by atoms with Crippen molar-refractivity contribution in [3.63, 3.8) is 0 Å². The lowest BCUT2D eigenvalue weighted by atomic mass is 10.1. The number of likely N-dealkylation sites (N-methyl/N-ethyl adjacent to an activating group) is 1. The number of nitrogens with zero attached hydrogens (tertiary/aromatic N) is 2. The van der Waals surface area contributed by atoms with E-state index in [0.29, 0.717) is 6.10 Å². The summed E-state index contributed by atoms with van der Waals surface area (Å²) in [6.07, 6.45) is 1.37. The lowest BCUT2D eigenvalue weighted by molar-refractivity contribution is 0.149. The average Bonchev–Trinajstić information content (AvgIpc) is 2.88. The van der Waals surface area contributed by atoms with Gasteiger partial charge in [0.1, 0.15) is 11.9 Å². The molecule has 0 aromatic heterocycles. The standard InChI is InChI=1S/C16H25N3O/c1-18(10-11-19-8-6-17-7-9-19)13-15-12-14-4-2-3-5-16(14)20-15/h2-5,15,17H,6-13H2,1H3. The number of hydrogen-bond acceptors (Lipinski definition) is 4. The van der Waals surface area contributed by atoms with Gasteiger partial charge in [-0.25, -0.2) is 0 Å². The maximum absolute atomic E-state index is 6.00. The van der Waals surface area contributed by atoms with Crippen molar-refractivity contribution in [2.45, 2.75) is 12.5 Å². The van der Waals surface area contributed by atoms with Crippen LogP contribution in [0.4, 0.5) is 0 Å². The second-order valence-electron chi connectivity index (χ2n) is 5.91. The van der Waals surface area contributed by atoms with Crippen LogP contribution < -0.4 is 10.1 Å². The van der Waals surface area contributed by atoms with Crippen LogP contribution in [0.5, 0.6) is 5.75 Å². The van der Waals surface area contributed by atoms with Gasteiger partial charge in [0, 0.05) is 52.2 Å². The third kappa shape index (κ3) is 3.51. The second kappa shape index (κ2) is 6.57. The third-order valence-electron chi connectivity index (χ3n) is 4.24. The molecule has 0 aliphatic carbocycles. The Morgan fingerprint density at radius 3 is 2.90 bits per heavy atom. The van der Waals surface area contributed by atoms with Gasteiger partial charge in [-0.2, -0.15) is 0 Å². The molecule has 0 amide bonds. The monoisotopic (exact) mass is 275 g/mol. The topological polar surface area (TPSA) is 27.7 Å². The van der Waals surface area contributed by atoms with Gasteiger partial charge in [-0.1, -0.05) is 18.2 Å². The molecule has 1 atom stereocenters. The summed E-state index contributed by atoms with van der Waals surface area (Å²) in [7, 11) is 2.20. The van der Waals surface area contributed by atoms with Gasteiger partial charge >= 0.3 is 0 Å². The predicted octanol–water partition coefficient (Wildman–Crippen LogP) is 0.827. The van der Waals surface area contributed by atoms with E-state index in [9.17, 15) is 0 Å². The van der Waals surface area contributed by atoms with Crippen molar-refractivity contribution in [3.8, 4) is 5.75 Å². The Morgan fingerprint density at radius 1 is 1.30 bits per heavy atom. The highest BCUT2D eigenvalue weighted by Crippen LogP contribution is 2.28. The summed E-state index contributed by atoms with van der Waals surface area (Å²) in [5.74, 6) is 1.08. The van der Waals surface area contributed by atoms with Gasteiger partial charge in [0.05, 0.1) is 0 Å². The van der Waals surface area contributed by atoms with Gasteiger partial charge in [0.2, 0.25) is 0 Å². The van der Waals surface area contributed by atoms with Crippen LogP contribution in [0, 0.1) is 0 Å². The number of piperazine rings is 1. The van der Waals surface area contributed by atoms with Crippen LogP contribution in [0.3, 0.4) is 0 Å². The molecule has 1 unspecified atom stereocenters. The van der Waals surface area contributed by atoms with Crippen LogP contribution in [-0.2, 0) is 6.42 Å². The first-order valence-corrected chi connectivity index (χ1v) is 7.67. The lowest BCUT2D eigenvalue weighted by Crippen LogP contribution is -2.46. The highest BCUT2D eigenvalue weighted by molar-refractivity contribution is 5.37. The van der Waals surface area contributed by atoms with E-state index in [1.807, 2.05) is 0 Å². The SMILES string of the molecule is CN(CCN1CCNCC1)CC1Cc2ccccc2O1. The zero-order valence-electron chi connectivity index (χ0n) is 12.3. The average molecular weight is 275 g/mol. The maximum atomic E-state index is 6.00. The smallest absolute Gasteiger partial charge is 0.123 e. The number of benzene rings is 1. The minimum Gasteiger partial charge on any atom is -0.488 e. The van der Waals surface area contributed by atoms with E-state index < -0.39 is 0 Å².